The van der Waals surface area contributed by atoms with Crippen LogP contribution in [0.15, 0.2) is 30.3 Å². The quantitative estimate of drug-likeness (QED) is 0.816. The molecule has 0 radical (unpaired) electrons. The van der Waals surface area contributed by atoms with Gasteiger partial charge in [-0.25, -0.2) is 4.98 Å². The summed E-state index contributed by atoms with van der Waals surface area (Å²) in [6, 6.07) is 9.67. The molecule has 2 aromatic rings. The molecular formula is C13H13ClN2. The molecule has 0 aliphatic rings. The number of aryl methyl sites for hydroxylation is 1. The van der Waals surface area contributed by atoms with E-state index < -0.39 is 0 Å². The van der Waals surface area contributed by atoms with Gasteiger partial charge >= 0.3 is 0 Å². The molecular weight excluding hydrogens is 220 g/mol. The molecule has 16 heavy (non-hydrogen) atoms. The number of halogens is 1. The molecule has 0 bridgehead atoms. The van der Waals surface area contributed by atoms with Gasteiger partial charge in [-0.05, 0) is 43.2 Å². The summed E-state index contributed by atoms with van der Waals surface area (Å²) in [4.78, 5) is 4.26. The first-order valence-corrected chi connectivity index (χ1v) is 5.46. The summed E-state index contributed by atoms with van der Waals surface area (Å²) in [5.41, 5.74) is 9.81. The minimum Gasteiger partial charge on any atom is -0.384 e. The van der Waals surface area contributed by atoms with Gasteiger partial charge in [0.2, 0.25) is 0 Å². The van der Waals surface area contributed by atoms with Crippen molar-refractivity contribution in [1.29, 1.82) is 0 Å². The molecule has 1 aromatic carbocycles. The number of nitrogens with zero attached hydrogens (tertiary/aromatic N) is 1. The van der Waals surface area contributed by atoms with E-state index in [2.05, 4.69) is 4.98 Å². The highest BCUT2D eigenvalue weighted by molar-refractivity contribution is 6.31. The third-order valence-corrected chi connectivity index (χ3v) is 3.07. The molecule has 0 saturated heterocycles. The van der Waals surface area contributed by atoms with Crippen molar-refractivity contribution in [1.82, 2.24) is 4.98 Å². The third kappa shape index (κ3) is 1.89. The van der Waals surface area contributed by atoms with Crippen LogP contribution in [-0.2, 0) is 0 Å². The van der Waals surface area contributed by atoms with E-state index in [0.717, 1.165) is 27.4 Å². The van der Waals surface area contributed by atoms with Crippen molar-refractivity contribution in [3.8, 4) is 11.1 Å². The minimum atomic E-state index is 0.543. The minimum absolute atomic E-state index is 0.543. The maximum atomic E-state index is 6.10. The van der Waals surface area contributed by atoms with Crippen molar-refractivity contribution < 1.29 is 0 Å². The molecule has 0 aliphatic heterocycles. The lowest BCUT2D eigenvalue weighted by Gasteiger charge is -2.10. The number of benzene rings is 1. The van der Waals surface area contributed by atoms with E-state index in [9.17, 15) is 0 Å². The van der Waals surface area contributed by atoms with Gasteiger partial charge in [0.15, 0.2) is 0 Å². The topological polar surface area (TPSA) is 38.9 Å². The van der Waals surface area contributed by atoms with Crippen molar-refractivity contribution in [3.63, 3.8) is 0 Å². The second-order valence-corrected chi connectivity index (χ2v) is 4.19. The second-order valence-electron chi connectivity index (χ2n) is 3.78. The Morgan fingerprint density at radius 2 is 1.81 bits per heavy atom. The van der Waals surface area contributed by atoms with Crippen molar-refractivity contribution in [2.45, 2.75) is 13.8 Å². The standard InChI is InChI=1S/C13H13ClN2/c1-8-10(4-3-5-12(8)14)11-6-7-13(15)16-9(11)2/h3-7H,1-2H3,(H2,15,16). The summed E-state index contributed by atoms with van der Waals surface area (Å²) in [6.45, 7) is 3.96. The number of nitrogens with two attached hydrogens (primary N) is 1. The van der Waals surface area contributed by atoms with Gasteiger partial charge in [0.05, 0.1) is 0 Å². The summed E-state index contributed by atoms with van der Waals surface area (Å²) < 4.78 is 0. The van der Waals surface area contributed by atoms with E-state index in [0.29, 0.717) is 5.82 Å². The number of pyridine rings is 1. The molecule has 2 rings (SSSR count). The number of hydrogen-bond donors (Lipinski definition) is 1. The highest BCUT2D eigenvalue weighted by Gasteiger charge is 2.08. The number of anilines is 1. The molecule has 1 heterocycles. The molecule has 0 amide bonds. The summed E-state index contributed by atoms with van der Waals surface area (Å²) >= 11 is 6.10. The Hall–Kier alpha value is -1.54. The first-order chi connectivity index (χ1) is 7.59. The predicted molar refractivity (Wildman–Crippen MR) is 68.6 cm³/mol. The summed E-state index contributed by atoms with van der Waals surface area (Å²) in [5, 5.41) is 0.772. The van der Waals surface area contributed by atoms with Crippen LogP contribution < -0.4 is 5.73 Å². The second kappa shape index (κ2) is 4.14. The first kappa shape index (κ1) is 11.0. The van der Waals surface area contributed by atoms with Crippen LogP contribution in [0.3, 0.4) is 0 Å². The third-order valence-electron chi connectivity index (χ3n) is 2.67. The van der Waals surface area contributed by atoms with E-state index in [-0.39, 0.29) is 0 Å². The Labute approximate surface area is 100 Å². The Morgan fingerprint density at radius 1 is 1.06 bits per heavy atom. The summed E-state index contributed by atoms with van der Waals surface area (Å²) in [7, 11) is 0. The van der Waals surface area contributed by atoms with E-state index in [1.54, 1.807) is 0 Å². The predicted octanol–water partition coefficient (Wildman–Crippen LogP) is 3.60. The van der Waals surface area contributed by atoms with Crippen LogP contribution in [0.4, 0.5) is 5.82 Å². The van der Waals surface area contributed by atoms with E-state index in [1.807, 2.05) is 44.2 Å². The van der Waals surface area contributed by atoms with Gasteiger partial charge in [0, 0.05) is 16.3 Å². The molecule has 0 fully saturated rings. The van der Waals surface area contributed by atoms with Crippen molar-refractivity contribution in [2.24, 2.45) is 0 Å². The summed E-state index contributed by atoms with van der Waals surface area (Å²) in [6.07, 6.45) is 0. The number of nitrogen functional groups attached to an aromatic ring is 1. The first-order valence-electron chi connectivity index (χ1n) is 5.08. The Balaban J connectivity index is 2.63. The average molecular weight is 233 g/mol. The van der Waals surface area contributed by atoms with Gasteiger partial charge in [0.1, 0.15) is 5.82 Å². The molecule has 2 N–H and O–H groups in total. The number of rotatable bonds is 1. The lowest BCUT2D eigenvalue weighted by molar-refractivity contribution is 1.21. The lowest BCUT2D eigenvalue weighted by atomic mass is 9.99. The largest absolute Gasteiger partial charge is 0.384 e. The number of aromatic nitrogens is 1. The Bertz CT molecular complexity index is 535. The van der Waals surface area contributed by atoms with Crippen LogP contribution in [0, 0.1) is 13.8 Å². The van der Waals surface area contributed by atoms with Gasteiger partial charge in [-0.1, -0.05) is 23.7 Å². The van der Waals surface area contributed by atoms with Gasteiger partial charge < -0.3 is 5.73 Å². The SMILES string of the molecule is Cc1nc(N)ccc1-c1cccc(Cl)c1C. The van der Waals surface area contributed by atoms with Crippen LogP contribution in [0.25, 0.3) is 11.1 Å². The fourth-order valence-electron chi connectivity index (χ4n) is 1.76. The van der Waals surface area contributed by atoms with Crippen LogP contribution in [0.2, 0.25) is 5.02 Å². The summed E-state index contributed by atoms with van der Waals surface area (Å²) in [5.74, 6) is 0.543. The Kier molecular flexibility index (Phi) is 2.84. The fraction of sp³-hybridized carbons (Fsp3) is 0.154. The smallest absolute Gasteiger partial charge is 0.123 e. The lowest BCUT2D eigenvalue weighted by Crippen LogP contribution is -1.95. The maximum Gasteiger partial charge on any atom is 0.123 e. The van der Waals surface area contributed by atoms with Crippen LogP contribution in [-0.4, -0.2) is 4.98 Å². The van der Waals surface area contributed by atoms with E-state index in [4.69, 9.17) is 17.3 Å². The molecule has 0 spiro atoms. The van der Waals surface area contributed by atoms with E-state index in [1.165, 1.54) is 0 Å². The zero-order chi connectivity index (χ0) is 11.7. The normalized spacial score (nSPS) is 10.4. The fourth-order valence-corrected chi connectivity index (χ4v) is 1.94. The maximum absolute atomic E-state index is 6.10. The molecule has 82 valence electrons. The van der Waals surface area contributed by atoms with Crippen molar-refractivity contribution >= 4 is 17.4 Å². The highest BCUT2D eigenvalue weighted by atomic mass is 35.5. The molecule has 0 saturated carbocycles. The molecule has 3 heteroatoms. The number of hydrogen-bond acceptors (Lipinski definition) is 2. The van der Waals surface area contributed by atoms with Gasteiger partial charge in [-0.2, -0.15) is 0 Å². The van der Waals surface area contributed by atoms with Gasteiger partial charge in [-0.3, -0.25) is 0 Å². The van der Waals surface area contributed by atoms with Crippen molar-refractivity contribution in [3.05, 3.63) is 46.6 Å². The highest BCUT2D eigenvalue weighted by Crippen LogP contribution is 2.30. The zero-order valence-electron chi connectivity index (χ0n) is 9.29. The zero-order valence-corrected chi connectivity index (χ0v) is 10.0. The molecule has 0 unspecified atom stereocenters. The van der Waals surface area contributed by atoms with Crippen molar-refractivity contribution in [2.75, 3.05) is 5.73 Å². The molecule has 0 atom stereocenters. The average Bonchev–Trinajstić information content (AvgIpc) is 2.23. The van der Waals surface area contributed by atoms with Gasteiger partial charge in [-0.15, -0.1) is 0 Å². The monoisotopic (exact) mass is 232 g/mol. The molecule has 1 aromatic heterocycles. The van der Waals surface area contributed by atoms with E-state index >= 15 is 0 Å². The van der Waals surface area contributed by atoms with Crippen LogP contribution in [0.5, 0.6) is 0 Å². The molecule has 0 aliphatic carbocycles. The molecule has 2 nitrogen and oxygen atoms in total. The van der Waals surface area contributed by atoms with Gasteiger partial charge in [0.25, 0.3) is 0 Å². The Morgan fingerprint density at radius 3 is 2.50 bits per heavy atom. The van der Waals surface area contributed by atoms with Crippen LogP contribution >= 0.6 is 11.6 Å². The van der Waals surface area contributed by atoms with Crippen LogP contribution in [0.1, 0.15) is 11.3 Å².